The first kappa shape index (κ1) is 23.4. The summed E-state index contributed by atoms with van der Waals surface area (Å²) in [5.41, 5.74) is 3.95. The fraction of sp³-hybridized carbons (Fsp3) is 0.519. The molecule has 1 aliphatic heterocycles. The lowest BCUT2D eigenvalue weighted by Gasteiger charge is -2.42. The normalized spacial score (nSPS) is 23.1. The largest absolute Gasteiger partial charge is 0.489 e. The molecule has 34 heavy (non-hydrogen) atoms. The third-order valence-electron chi connectivity index (χ3n) is 7.26. The summed E-state index contributed by atoms with van der Waals surface area (Å²) in [4.78, 5) is 6.60. The number of aromatic nitrogens is 1. The van der Waals surface area contributed by atoms with Crippen LogP contribution in [-0.2, 0) is 6.42 Å². The summed E-state index contributed by atoms with van der Waals surface area (Å²) >= 11 is 0. The second-order valence-electron chi connectivity index (χ2n) is 9.77. The lowest BCUT2D eigenvalue weighted by Crippen LogP contribution is -2.45. The van der Waals surface area contributed by atoms with Crippen LogP contribution in [0, 0.1) is 5.82 Å². The number of fused-ring (bicyclic) bond motifs is 2. The van der Waals surface area contributed by atoms with Crippen LogP contribution in [-0.4, -0.2) is 54.5 Å². The van der Waals surface area contributed by atoms with Gasteiger partial charge in [-0.1, -0.05) is 24.3 Å². The van der Waals surface area contributed by atoms with E-state index >= 15 is 8.78 Å². The molecule has 1 N–H and O–H groups in total. The van der Waals surface area contributed by atoms with Crippen LogP contribution < -0.4 is 10.1 Å². The van der Waals surface area contributed by atoms with E-state index in [4.69, 9.17) is 4.74 Å². The van der Waals surface area contributed by atoms with Gasteiger partial charge in [-0.2, -0.15) is 0 Å². The Morgan fingerprint density at radius 1 is 1.21 bits per heavy atom. The van der Waals surface area contributed by atoms with Gasteiger partial charge in [0, 0.05) is 31.4 Å². The fourth-order valence-corrected chi connectivity index (χ4v) is 5.31. The van der Waals surface area contributed by atoms with Crippen molar-refractivity contribution in [1.29, 1.82) is 0 Å². The highest BCUT2D eigenvalue weighted by Crippen LogP contribution is 2.51. The molecule has 2 heterocycles. The average Bonchev–Trinajstić information content (AvgIpc) is 3.45. The van der Waals surface area contributed by atoms with Crippen LogP contribution in [0.1, 0.15) is 55.5 Å². The summed E-state index contributed by atoms with van der Waals surface area (Å²) in [6.45, 7) is 3.35. The first-order chi connectivity index (χ1) is 16.5. The molecule has 2 atom stereocenters. The molecular weight excluding hydrogens is 439 g/mol. The van der Waals surface area contributed by atoms with Crippen molar-refractivity contribution in [3.8, 4) is 5.75 Å². The van der Waals surface area contributed by atoms with Gasteiger partial charge in [0.1, 0.15) is 18.0 Å². The number of hydrogen-bond donors (Lipinski definition) is 1. The van der Waals surface area contributed by atoms with E-state index in [9.17, 15) is 4.39 Å². The molecule has 1 saturated carbocycles. The highest BCUT2D eigenvalue weighted by Gasteiger charge is 2.49. The molecule has 2 aromatic rings. The fourth-order valence-electron chi connectivity index (χ4n) is 5.31. The summed E-state index contributed by atoms with van der Waals surface area (Å²) in [5, 5.41) is 3.08. The van der Waals surface area contributed by atoms with Gasteiger partial charge in [0.05, 0.1) is 12.7 Å². The summed E-state index contributed by atoms with van der Waals surface area (Å²) in [6.07, 6.45) is 4.68. The predicted molar refractivity (Wildman–Crippen MR) is 127 cm³/mol. The second kappa shape index (κ2) is 9.70. The molecule has 0 unspecified atom stereocenters. The first-order valence-electron chi connectivity index (χ1n) is 12.3. The molecule has 1 aromatic carbocycles. The third-order valence-corrected chi connectivity index (χ3v) is 7.26. The maximum absolute atomic E-state index is 15.8. The minimum absolute atomic E-state index is 0.0635. The van der Waals surface area contributed by atoms with Gasteiger partial charge in [0.15, 0.2) is 11.6 Å². The van der Waals surface area contributed by atoms with Crippen molar-refractivity contribution in [1.82, 2.24) is 15.2 Å². The van der Waals surface area contributed by atoms with E-state index in [0.717, 1.165) is 18.4 Å². The number of nitrogens with one attached hydrogen (secondary N) is 1. The number of benzene rings is 1. The summed E-state index contributed by atoms with van der Waals surface area (Å²) in [6, 6.07) is 9.50. The summed E-state index contributed by atoms with van der Waals surface area (Å²) in [5.74, 6) is -0.337. The smallest absolute Gasteiger partial charge is 0.188 e. The van der Waals surface area contributed by atoms with E-state index < -0.39 is 17.5 Å². The van der Waals surface area contributed by atoms with Crippen molar-refractivity contribution >= 4 is 5.57 Å². The predicted octanol–water partition coefficient (Wildman–Crippen LogP) is 5.20. The van der Waals surface area contributed by atoms with Gasteiger partial charge >= 0.3 is 0 Å². The van der Waals surface area contributed by atoms with Gasteiger partial charge in [-0.25, -0.2) is 8.78 Å². The molecule has 7 heteroatoms. The zero-order chi connectivity index (χ0) is 23.7. The zero-order valence-electron chi connectivity index (χ0n) is 19.6. The van der Waals surface area contributed by atoms with Gasteiger partial charge < -0.3 is 10.1 Å². The van der Waals surface area contributed by atoms with Crippen molar-refractivity contribution in [3.05, 3.63) is 64.7 Å². The maximum Gasteiger partial charge on any atom is 0.188 e. The van der Waals surface area contributed by atoms with E-state index in [1.54, 1.807) is 6.20 Å². The van der Waals surface area contributed by atoms with Gasteiger partial charge in [-0.3, -0.25) is 14.3 Å². The van der Waals surface area contributed by atoms with E-state index in [1.807, 2.05) is 12.1 Å². The van der Waals surface area contributed by atoms with Crippen LogP contribution in [0.5, 0.6) is 5.75 Å². The van der Waals surface area contributed by atoms with Crippen LogP contribution in [0.2, 0.25) is 0 Å². The van der Waals surface area contributed by atoms with Crippen molar-refractivity contribution in [2.45, 2.75) is 56.8 Å². The Balaban J connectivity index is 1.45. The van der Waals surface area contributed by atoms with E-state index in [2.05, 4.69) is 34.3 Å². The number of rotatable bonds is 10. The standard InChI is InChI=1S/C27H32F3N3O/c1-18-15-21-20-6-3-2-5-19(20)16-22(21)26(33(18)17-27(30)8-9-27)25-24(29)23(7-12-32-25)34-14-13-31-11-4-10-28/h2-3,5-7,12,18,26,31H,4,8-11,13-17H2,1H3/t18-,26+/m1/s1. The Labute approximate surface area is 199 Å². The Hall–Kier alpha value is -2.38. The van der Waals surface area contributed by atoms with Crippen molar-refractivity contribution in [3.63, 3.8) is 0 Å². The molecule has 1 fully saturated rings. The quantitative estimate of drug-likeness (QED) is 0.484. The highest BCUT2D eigenvalue weighted by atomic mass is 19.1. The van der Waals surface area contributed by atoms with Crippen molar-refractivity contribution in [2.24, 2.45) is 0 Å². The molecule has 5 rings (SSSR count). The van der Waals surface area contributed by atoms with Crippen LogP contribution >= 0.6 is 0 Å². The monoisotopic (exact) mass is 471 g/mol. The summed E-state index contributed by atoms with van der Waals surface area (Å²) in [7, 11) is 0. The number of nitrogens with zero attached hydrogens (tertiary/aromatic N) is 2. The van der Waals surface area contributed by atoms with E-state index in [-0.39, 0.29) is 31.6 Å². The minimum atomic E-state index is -1.19. The van der Waals surface area contributed by atoms with Gasteiger partial charge in [-0.15, -0.1) is 0 Å². The van der Waals surface area contributed by atoms with Gasteiger partial charge in [-0.05, 0) is 67.8 Å². The lowest BCUT2D eigenvalue weighted by molar-refractivity contribution is 0.0974. The zero-order valence-corrected chi connectivity index (χ0v) is 19.6. The maximum atomic E-state index is 15.8. The van der Waals surface area contributed by atoms with Crippen LogP contribution in [0.4, 0.5) is 13.2 Å². The lowest BCUT2D eigenvalue weighted by atomic mass is 9.86. The number of hydrogen-bond acceptors (Lipinski definition) is 4. The second-order valence-corrected chi connectivity index (χ2v) is 9.77. The van der Waals surface area contributed by atoms with E-state index in [1.165, 1.54) is 22.8 Å². The molecule has 3 aliphatic rings. The molecule has 4 nitrogen and oxygen atoms in total. The Kier molecular flexibility index (Phi) is 6.67. The molecule has 0 radical (unpaired) electrons. The topological polar surface area (TPSA) is 37.4 Å². The SMILES string of the molecule is C[C@@H]1CC2=C(Cc3ccccc32)[C@@H](c2nccc(OCCNCCCF)c2F)N1CC1(F)CC1. The highest BCUT2D eigenvalue weighted by molar-refractivity contribution is 5.78. The number of alkyl halides is 2. The number of pyridine rings is 1. The Morgan fingerprint density at radius 2 is 2.03 bits per heavy atom. The average molecular weight is 472 g/mol. The molecule has 182 valence electrons. The van der Waals surface area contributed by atoms with Crippen molar-refractivity contribution < 1.29 is 17.9 Å². The molecular formula is C27H32F3N3O. The Bertz CT molecular complexity index is 1070. The first-order valence-corrected chi connectivity index (χ1v) is 12.3. The van der Waals surface area contributed by atoms with Crippen LogP contribution in [0.3, 0.4) is 0 Å². The summed E-state index contributed by atoms with van der Waals surface area (Å²) < 4.78 is 48.8. The van der Waals surface area contributed by atoms with Gasteiger partial charge in [0.2, 0.25) is 0 Å². The number of halogens is 3. The molecule has 0 amide bonds. The third kappa shape index (κ3) is 4.60. The van der Waals surface area contributed by atoms with Crippen LogP contribution in [0.15, 0.2) is 42.1 Å². The minimum Gasteiger partial charge on any atom is -0.489 e. The van der Waals surface area contributed by atoms with Crippen LogP contribution in [0.25, 0.3) is 5.57 Å². The van der Waals surface area contributed by atoms with Gasteiger partial charge in [0.25, 0.3) is 0 Å². The van der Waals surface area contributed by atoms with Crippen molar-refractivity contribution in [2.75, 3.05) is 32.9 Å². The Morgan fingerprint density at radius 3 is 2.82 bits per heavy atom. The molecule has 2 aliphatic carbocycles. The number of ether oxygens (including phenoxy) is 1. The molecule has 0 saturated heterocycles. The molecule has 0 spiro atoms. The van der Waals surface area contributed by atoms with E-state index in [0.29, 0.717) is 38.0 Å². The molecule has 0 bridgehead atoms. The molecule has 1 aromatic heterocycles.